The van der Waals surface area contributed by atoms with Crippen molar-refractivity contribution in [3.8, 4) is 0 Å². The zero-order chi connectivity index (χ0) is 12.0. The Hall–Kier alpha value is -1.78. The first-order valence-electron chi connectivity index (χ1n) is 5.38. The fourth-order valence-electron chi connectivity index (χ4n) is 1.51. The van der Waals surface area contributed by atoms with E-state index < -0.39 is 0 Å². The highest BCUT2D eigenvalue weighted by atomic mass is 16.1. The van der Waals surface area contributed by atoms with Crippen molar-refractivity contribution in [2.75, 3.05) is 23.7 Å². The maximum Gasteiger partial charge on any atom is 0.236 e. The van der Waals surface area contributed by atoms with Crippen LogP contribution >= 0.6 is 0 Å². The van der Waals surface area contributed by atoms with Crippen molar-refractivity contribution in [2.24, 2.45) is 5.73 Å². The lowest BCUT2D eigenvalue weighted by atomic mass is 10.2. The molecular formula is C11H18N4O. The van der Waals surface area contributed by atoms with Crippen molar-refractivity contribution in [3.63, 3.8) is 0 Å². The number of carbonyl (C=O) groups is 1. The lowest BCUT2D eigenvalue weighted by Gasteiger charge is -2.24. The summed E-state index contributed by atoms with van der Waals surface area (Å²) in [6, 6.07) is 1.80. The summed E-state index contributed by atoms with van der Waals surface area (Å²) in [4.78, 5) is 16.8. The molecule has 1 heterocycles. The molecule has 1 amide bonds. The number of anilines is 2. The van der Waals surface area contributed by atoms with Crippen LogP contribution in [0.3, 0.4) is 0 Å². The molecule has 0 fully saturated rings. The van der Waals surface area contributed by atoms with Gasteiger partial charge in [-0.1, -0.05) is 13.3 Å². The van der Waals surface area contributed by atoms with Crippen molar-refractivity contribution >= 4 is 17.3 Å². The molecule has 0 aliphatic heterocycles. The predicted octanol–water partition coefficient (Wildman–Crippen LogP) is 0.756. The van der Waals surface area contributed by atoms with Crippen LogP contribution in [0.1, 0.15) is 19.8 Å². The molecule has 0 aliphatic rings. The highest BCUT2D eigenvalue weighted by Crippen LogP contribution is 2.21. The molecule has 0 saturated heterocycles. The molecule has 1 aromatic rings. The molecule has 0 aromatic carbocycles. The second kappa shape index (κ2) is 5.95. The number of hydrogen-bond acceptors (Lipinski definition) is 4. The molecule has 1 aromatic heterocycles. The van der Waals surface area contributed by atoms with Crippen molar-refractivity contribution < 1.29 is 4.79 Å². The van der Waals surface area contributed by atoms with Gasteiger partial charge in [-0.2, -0.15) is 0 Å². The van der Waals surface area contributed by atoms with E-state index in [0.717, 1.165) is 25.1 Å². The number of nitrogens with two attached hydrogens (primary N) is 2. The first-order valence-corrected chi connectivity index (χ1v) is 5.38. The van der Waals surface area contributed by atoms with Crippen LogP contribution in [-0.4, -0.2) is 24.0 Å². The highest BCUT2D eigenvalue weighted by Gasteiger charge is 2.11. The predicted molar refractivity (Wildman–Crippen MR) is 65.0 cm³/mol. The maximum absolute atomic E-state index is 11.0. The average Bonchev–Trinajstić information content (AvgIpc) is 2.24. The van der Waals surface area contributed by atoms with E-state index in [4.69, 9.17) is 11.5 Å². The average molecular weight is 222 g/mol. The van der Waals surface area contributed by atoms with Crippen molar-refractivity contribution in [3.05, 3.63) is 18.5 Å². The van der Waals surface area contributed by atoms with Crippen LogP contribution in [0.5, 0.6) is 0 Å². The molecule has 5 nitrogen and oxygen atoms in total. The Morgan fingerprint density at radius 2 is 2.31 bits per heavy atom. The van der Waals surface area contributed by atoms with Gasteiger partial charge in [0, 0.05) is 12.7 Å². The number of primary amides is 1. The van der Waals surface area contributed by atoms with Crippen LogP contribution in [0.2, 0.25) is 0 Å². The second-order valence-corrected chi connectivity index (χ2v) is 3.68. The monoisotopic (exact) mass is 222 g/mol. The Labute approximate surface area is 95.4 Å². The van der Waals surface area contributed by atoms with E-state index in [2.05, 4.69) is 11.9 Å². The smallest absolute Gasteiger partial charge is 0.236 e. The second-order valence-electron chi connectivity index (χ2n) is 3.68. The van der Waals surface area contributed by atoms with Gasteiger partial charge in [-0.3, -0.25) is 9.78 Å². The van der Waals surface area contributed by atoms with Gasteiger partial charge in [0.2, 0.25) is 5.91 Å². The molecule has 5 heteroatoms. The molecular weight excluding hydrogens is 204 g/mol. The molecule has 1 rings (SSSR count). The minimum atomic E-state index is -0.354. The lowest BCUT2D eigenvalue weighted by Crippen LogP contribution is -2.35. The first-order chi connectivity index (χ1) is 7.65. The number of carbonyl (C=O) groups excluding carboxylic acids is 1. The Morgan fingerprint density at radius 3 is 2.88 bits per heavy atom. The van der Waals surface area contributed by atoms with Crippen molar-refractivity contribution in [1.82, 2.24) is 4.98 Å². The standard InChI is InChI=1S/C11H18N4O/c1-2-3-6-15(8-11(13)16)10-4-5-14-7-9(10)12/h4-5,7H,2-3,6,8,12H2,1H3,(H2,13,16). The third-order valence-electron chi connectivity index (χ3n) is 2.30. The number of aromatic nitrogens is 1. The Kier molecular flexibility index (Phi) is 4.57. The third kappa shape index (κ3) is 3.42. The fourth-order valence-corrected chi connectivity index (χ4v) is 1.51. The van der Waals surface area contributed by atoms with Crippen LogP contribution in [0.4, 0.5) is 11.4 Å². The van der Waals surface area contributed by atoms with E-state index in [1.54, 1.807) is 18.5 Å². The zero-order valence-corrected chi connectivity index (χ0v) is 9.52. The van der Waals surface area contributed by atoms with Crippen LogP contribution in [-0.2, 0) is 4.79 Å². The molecule has 88 valence electrons. The summed E-state index contributed by atoms with van der Waals surface area (Å²) in [7, 11) is 0. The van der Waals surface area contributed by atoms with Gasteiger partial charge in [-0.25, -0.2) is 0 Å². The largest absolute Gasteiger partial charge is 0.396 e. The summed E-state index contributed by atoms with van der Waals surface area (Å²) in [5.41, 5.74) is 12.4. The minimum Gasteiger partial charge on any atom is -0.396 e. The Morgan fingerprint density at radius 1 is 1.56 bits per heavy atom. The van der Waals surface area contributed by atoms with Gasteiger partial charge in [0.1, 0.15) is 0 Å². The summed E-state index contributed by atoms with van der Waals surface area (Å²) in [5, 5.41) is 0. The summed E-state index contributed by atoms with van der Waals surface area (Å²) < 4.78 is 0. The molecule has 4 N–H and O–H groups in total. The van der Waals surface area contributed by atoms with Gasteiger partial charge in [-0.15, -0.1) is 0 Å². The van der Waals surface area contributed by atoms with Crippen molar-refractivity contribution in [1.29, 1.82) is 0 Å². The van der Waals surface area contributed by atoms with E-state index in [1.165, 1.54) is 0 Å². The SMILES string of the molecule is CCCCN(CC(N)=O)c1ccncc1N. The molecule has 0 radical (unpaired) electrons. The van der Waals surface area contributed by atoms with Gasteiger partial charge < -0.3 is 16.4 Å². The van der Waals surface area contributed by atoms with Crippen LogP contribution in [0, 0.1) is 0 Å². The Bertz CT molecular complexity index is 354. The number of hydrogen-bond donors (Lipinski definition) is 2. The number of pyridine rings is 1. The van der Waals surface area contributed by atoms with E-state index in [1.807, 2.05) is 4.90 Å². The highest BCUT2D eigenvalue weighted by molar-refractivity contribution is 5.81. The third-order valence-corrected chi connectivity index (χ3v) is 2.30. The van der Waals surface area contributed by atoms with Crippen LogP contribution in [0.15, 0.2) is 18.5 Å². The number of amides is 1. The summed E-state index contributed by atoms with van der Waals surface area (Å²) >= 11 is 0. The van der Waals surface area contributed by atoms with Gasteiger partial charge >= 0.3 is 0 Å². The fraction of sp³-hybridized carbons (Fsp3) is 0.455. The molecule has 0 saturated carbocycles. The number of nitrogens with zero attached hydrogens (tertiary/aromatic N) is 2. The van der Waals surface area contributed by atoms with Gasteiger partial charge in [0.25, 0.3) is 0 Å². The molecule has 0 unspecified atom stereocenters. The summed E-state index contributed by atoms with van der Waals surface area (Å²) in [6.45, 7) is 3.06. The normalized spacial score (nSPS) is 10.1. The molecule has 0 atom stereocenters. The first kappa shape index (κ1) is 12.3. The topological polar surface area (TPSA) is 85.2 Å². The zero-order valence-electron chi connectivity index (χ0n) is 9.52. The summed E-state index contributed by atoms with van der Waals surface area (Å²) in [5.74, 6) is -0.354. The quantitative estimate of drug-likeness (QED) is 0.744. The van der Waals surface area contributed by atoms with E-state index >= 15 is 0 Å². The Balaban J connectivity index is 2.82. The maximum atomic E-state index is 11.0. The lowest BCUT2D eigenvalue weighted by molar-refractivity contribution is -0.116. The van der Waals surface area contributed by atoms with Gasteiger partial charge in [-0.05, 0) is 12.5 Å². The number of nitrogen functional groups attached to an aromatic ring is 1. The molecule has 16 heavy (non-hydrogen) atoms. The molecule has 0 bridgehead atoms. The van der Waals surface area contributed by atoms with E-state index in [0.29, 0.717) is 5.69 Å². The number of rotatable bonds is 6. The van der Waals surface area contributed by atoms with Gasteiger partial charge in [0.05, 0.1) is 24.1 Å². The molecule has 0 spiro atoms. The minimum absolute atomic E-state index is 0.189. The van der Waals surface area contributed by atoms with E-state index in [9.17, 15) is 4.79 Å². The van der Waals surface area contributed by atoms with Crippen LogP contribution < -0.4 is 16.4 Å². The van der Waals surface area contributed by atoms with Crippen molar-refractivity contribution in [2.45, 2.75) is 19.8 Å². The van der Waals surface area contributed by atoms with E-state index in [-0.39, 0.29) is 12.5 Å². The number of unbranched alkanes of at least 4 members (excludes halogenated alkanes) is 1. The molecule has 0 aliphatic carbocycles. The summed E-state index contributed by atoms with van der Waals surface area (Å²) in [6.07, 6.45) is 5.29. The van der Waals surface area contributed by atoms with Crippen LogP contribution in [0.25, 0.3) is 0 Å². The van der Waals surface area contributed by atoms with Gasteiger partial charge in [0.15, 0.2) is 0 Å².